The summed E-state index contributed by atoms with van der Waals surface area (Å²) in [5.74, 6) is 0.948. The number of benzene rings is 3. The van der Waals surface area contributed by atoms with E-state index in [1.807, 2.05) is 0 Å². The van der Waals surface area contributed by atoms with Crippen LogP contribution in [0.1, 0.15) is 5.56 Å². The first-order valence-corrected chi connectivity index (χ1v) is 10.4. The number of fused-ring (bicyclic) bond motifs is 1. The molecule has 2 heterocycles. The fraction of sp³-hybridized carbons (Fsp3) is 0.192. The molecule has 150 valence electrons. The molecule has 1 fully saturated rings. The van der Waals surface area contributed by atoms with Crippen LogP contribution in [0.3, 0.4) is 0 Å². The van der Waals surface area contributed by atoms with Crippen molar-refractivity contribution in [3.05, 3.63) is 90.5 Å². The van der Waals surface area contributed by atoms with E-state index in [0.717, 1.165) is 35.9 Å². The third kappa shape index (κ3) is 3.62. The highest BCUT2D eigenvalue weighted by Crippen LogP contribution is 2.30. The monoisotopic (exact) mass is 395 g/mol. The van der Waals surface area contributed by atoms with E-state index in [4.69, 9.17) is 9.73 Å². The predicted molar refractivity (Wildman–Crippen MR) is 123 cm³/mol. The van der Waals surface area contributed by atoms with Gasteiger partial charge in [-0.3, -0.25) is 4.57 Å². The van der Waals surface area contributed by atoms with Gasteiger partial charge in [0.05, 0.1) is 30.1 Å². The van der Waals surface area contributed by atoms with E-state index in [0.29, 0.717) is 13.2 Å². The van der Waals surface area contributed by atoms with E-state index in [9.17, 15) is 0 Å². The molecule has 0 N–H and O–H groups in total. The normalized spacial score (nSPS) is 15.0. The number of nitrogens with zero attached hydrogens (tertiary/aromatic N) is 3. The van der Waals surface area contributed by atoms with Crippen LogP contribution in [0.2, 0.25) is 0 Å². The van der Waals surface area contributed by atoms with E-state index in [2.05, 4.69) is 101 Å². The molecule has 0 unspecified atom stereocenters. The van der Waals surface area contributed by atoms with Gasteiger partial charge in [0, 0.05) is 18.5 Å². The highest BCUT2D eigenvalue weighted by molar-refractivity contribution is 6.00. The Labute approximate surface area is 177 Å². The number of aryl methyl sites for hydroxylation is 1. The molecule has 1 aromatic heterocycles. The lowest BCUT2D eigenvalue weighted by atomic mass is 10.1. The molecular formula is C26H25N3O. The van der Waals surface area contributed by atoms with Crippen molar-refractivity contribution in [2.24, 2.45) is 4.99 Å². The Morgan fingerprint density at radius 1 is 0.833 bits per heavy atom. The average Bonchev–Trinajstić information content (AvgIpc) is 3.18. The Morgan fingerprint density at radius 2 is 1.60 bits per heavy atom. The molecule has 0 amide bonds. The van der Waals surface area contributed by atoms with Gasteiger partial charge in [-0.05, 0) is 42.3 Å². The van der Waals surface area contributed by atoms with E-state index >= 15 is 0 Å². The van der Waals surface area contributed by atoms with Gasteiger partial charge in [0.2, 0.25) is 5.96 Å². The third-order valence-electron chi connectivity index (χ3n) is 5.51. The van der Waals surface area contributed by atoms with Crippen LogP contribution >= 0.6 is 0 Å². The lowest BCUT2D eigenvalue weighted by Crippen LogP contribution is -2.44. The maximum atomic E-state index is 5.63. The van der Waals surface area contributed by atoms with Crippen molar-refractivity contribution in [2.45, 2.75) is 6.92 Å². The van der Waals surface area contributed by atoms with Gasteiger partial charge in [-0.15, -0.1) is 0 Å². The molecule has 0 saturated carbocycles. The zero-order valence-electron chi connectivity index (χ0n) is 17.2. The summed E-state index contributed by atoms with van der Waals surface area (Å²) in [6.07, 6.45) is 0. The number of para-hydroxylation sites is 1. The average molecular weight is 396 g/mol. The lowest BCUT2D eigenvalue weighted by molar-refractivity contribution is 0.0668. The van der Waals surface area contributed by atoms with Crippen LogP contribution in [0.4, 0.5) is 5.69 Å². The van der Waals surface area contributed by atoms with E-state index in [1.54, 1.807) is 0 Å². The maximum Gasteiger partial charge on any atom is 0.211 e. The first-order valence-electron chi connectivity index (χ1n) is 10.4. The molecule has 3 aromatic carbocycles. The van der Waals surface area contributed by atoms with E-state index in [-0.39, 0.29) is 0 Å². The standard InChI is InChI=1S/C26H25N3O/c1-20-8-7-12-23(18-20)27-26(28-14-16-30-17-15-28)29-24-13-6-5-11-22(24)19-25(29)21-9-3-2-4-10-21/h2-13,18-19H,14-17H2,1H3. The zero-order valence-corrected chi connectivity index (χ0v) is 17.2. The Balaban J connectivity index is 1.76. The van der Waals surface area contributed by atoms with Crippen molar-refractivity contribution in [2.75, 3.05) is 26.3 Å². The van der Waals surface area contributed by atoms with Crippen LogP contribution in [0, 0.1) is 6.92 Å². The second-order valence-corrected chi connectivity index (χ2v) is 7.64. The number of hydrogen-bond acceptors (Lipinski definition) is 2. The maximum absolute atomic E-state index is 5.63. The van der Waals surface area contributed by atoms with Gasteiger partial charge < -0.3 is 9.64 Å². The minimum absolute atomic E-state index is 0.715. The highest BCUT2D eigenvalue weighted by atomic mass is 16.5. The van der Waals surface area contributed by atoms with Crippen LogP contribution in [-0.4, -0.2) is 41.7 Å². The van der Waals surface area contributed by atoms with Crippen molar-refractivity contribution in [1.29, 1.82) is 0 Å². The molecule has 0 radical (unpaired) electrons. The van der Waals surface area contributed by atoms with Crippen LogP contribution in [0.5, 0.6) is 0 Å². The second kappa shape index (κ2) is 8.17. The van der Waals surface area contributed by atoms with Crippen LogP contribution in [0.15, 0.2) is 89.9 Å². The van der Waals surface area contributed by atoms with Crippen molar-refractivity contribution in [1.82, 2.24) is 9.47 Å². The van der Waals surface area contributed by atoms with Gasteiger partial charge in [0.25, 0.3) is 0 Å². The molecular weight excluding hydrogens is 370 g/mol. The summed E-state index contributed by atoms with van der Waals surface area (Å²) in [6, 6.07) is 29.7. The first kappa shape index (κ1) is 18.6. The topological polar surface area (TPSA) is 29.8 Å². The molecule has 30 heavy (non-hydrogen) atoms. The molecule has 0 aliphatic carbocycles. The third-order valence-corrected chi connectivity index (χ3v) is 5.51. The zero-order chi connectivity index (χ0) is 20.3. The SMILES string of the molecule is Cc1cccc(N=C(N2CCOCC2)n2c(-c3ccccc3)cc3ccccc32)c1. The predicted octanol–water partition coefficient (Wildman–Crippen LogP) is 5.48. The first-order chi connectivity index (χ1) is 14.8. The Hall–Kier alpha value is -3.37. The fourth-order valence-corrected chi connectivity index (χ4v) is 4.03. The number of morpholine rings is 1. The molecule has 4 aromatic rings. The number of rotatable bonds is 2. The Morgan fingerprint density at radius 3 is 2.40 bits per heavy atom. The molecule has 1 aliphatic heterocycles. The summed E-state index contributed by atoms with van der Waals surface area (Å²) >= 11 is 0. The van der Waals surface area contributed by atoms with Gasteiger partial charge in [0.1, 0.15) is 0 Å². The molecule has 4 nitrogen and oxygen atoms in total. The van der Waals surface area contributed by atoms with Crippen LogP contribution in [-0.2, 0) is 4.74 Å². The summed E-state index contributed by atoms with van der Waals surface area (Å²) in [4.78, 5) is 7.51. The number of ether oxygens (including phenoxy) is 1. The quantitative estimate of drug-likeness (QED) is 0.332. The summed E-state index contributed by atoms with van der Waals surface area (Å²) in [5, 5.41) is 1.21. The lowest BCUT2D eigenvalue weighted by Gasteiger charge is -2.31. The van der Waals surface area contributed by atoms with Crippen molar-refractivity contribution in [3.63, 3.8) is 0 Å². The second-order valence-electron chi connectivity index (χ2n) is 7.64. The molecule has 1 aliphatic rings. The van der Waals surface area contributed by atoms with Gasteiger partial charge in [-0.2, -0.15) is 0 Å². The van der Waals surface area contributed by atoms with Crippen molar-refractivity contribution < 1.29 is 4.74 Å². The molecule has 0 spiro atoms. The Bertz CT molecular complexity index is 1190. The molecule has 5 rings (SSSR count). The van der Waals surface area contributed by atoms with Gasteiger partial charge in [-0.25, -0.2) is 4.99 Å². The highest BCUT2D eigenvalue weighted by Gasteiger charge is 2.22. The fourth-order valence-electron chi connectivity index (χ4n) is 4.03. The molecule has 0 bridgehead atoms. The van der Waals surface area contributed by atoms with Gasteiger partial charge in [-0.1, -0.05) is 60.7 Å². The Kier molecular flexibility index (Phi) is 5.08. The van der Waals surface area contributed by atoms with Crippen molar-refractivity contribution in [3.8, 4) is 11.3 Å². The van der Waals surface area contributed by atoms with Gasteiger partial charge in [0.15, 0.2) is 0 Å². The number of aliphatic imine (C=N–C) groups is 1. The minimum atomic E-state index is 0.715. The van der Waals surface area contributed by atoms with E-state index < -0.39 is 0 Å². The molecule has 4 heteroatoms. The molecule has 1 saturated heterocycles. The van der Waals surface area contributed by atoms with Crippen LogP contribution < -0.4 is 0 Å². The van der Waals surface area contributed by atoms with Crippen LogP contribution in [0.25, 0.3) is 22.2 Å². The number of aromatic nitrogens is 1. The molecule has 0 atom stereocenters. The van der Waals surface area contributed by atoms with Gasteiger partial charge >= 0.3 is 0 Å². The summed E-state index contributed by atoms with van der Waals surface area (Å²) < 4.78 is 7.94. The van der Waals surface area contributed by atoms with Crippen molar-refractivity contribution >= 4 is 22.5 Å². The summed E-state index contributed by atoms with van der Waals surface area (Å²) in [6.45, 7) is 5.18. The summed E-state index contributed by atoms with van der Waals surface area (Å²) in [7, 11) is 0. The smallest absolute Gasteiger partial charge is 0.211 e. The number of hydrogen-bond donors (Lipinski definition) is 0. The van der Waals surface area contributed by atoms with E-state index in [1.165, 1.54) is 16.5 Å². The largest absolute Gasteiger partial charge is 0.378 e. The summed E-state index contributed by atoms with van der Waals surface area (Å²) in [5.41, 5.74) is 5.66. The minimum Gasteiger partial charge on any atom is -0.378 e.